The Balaban J connectivity index is 2.07. The highest BCUT2D eigenvalue weighted by Crippen LogP contribution is 2.22. The van der Waals surface area contributed by atoms with Crippen LogP contribution in [0, 0.1) is 5.92 Å². The van der Waals surface area contributed by atoms with E-state index in [9.17, 15) is 8.42 Å². The largest absolute Gasteiger partial charge is 0.384 e. The van der Waals surface area contributed by atoms with Gasteiger partial charge in [0.2, 0.25) is 10.0 Å². The molecule has 112 valence electrons. The molecular formula is C13H21N3O3S. The number of methoxy groups -OCH3 is 1. The minimum absolute atomic E-state index is 0.0788. The Morgan fingerprint density at radius 3 is 2.90 bits per heavy atom. The topological polar surface area (TPSA) is 71.5 Å². The van der Waals surface area contributed by atoms with Gasteiger partial charge in [0.25, 0.3) is 0 Å². The fraction of sp³-hybridized carbons (Fsp3) is 0.615. The van der Waals surface area contributed by atoms with Crippen LogP contribution >= 0.6 is 0 Å². The number of piperidine rings is 1. The fourth-order valence-electron chi connectivity index (χ4n) is 2.59. The Bertz CT molecular complexity index is 521. The monoisotopic (exact) mass is 299 g/mol. The number of rotatable bonds is 5. The van der Waals surface area contributed by atoms with Crippen molar-refractivity contribution in [3.8, 4) is 0 Å². The summed E-state index contributed by atoms with van der Waals surface area (Å²) < 4.78 is 30.8. The molecule has 1 N–H and O–H groups in total. The molecule has 6 nitrogen and oxygen atoms in total. The van der Waals surface area contributed by atoms with E-state index in [-0.39, 0.29) is 12.0 Å². The van der Waals surface area contributed by atoms with Crippen LogP contribution in [0.5, 0.6) is 0 Å². The van der Waals surface area contributed by atoms with Gasteiger partial charge in [-0.25, -0.2) is 18.1 Å². The number of hydrogen-bond acceptors (Lipinski definition) is 5. The number of nitrogens with zero attached hydrogens (tertiary/aromatic N) is 2. The van der Waals surface area contributed by atoms with Crippen LogP contribution in [-0.2, 0) is 14.8 Å². The van der Waals surface area contributed by atoms with Crippen LogP contribution in [0.3, 0.4) is 0 Å². The Kier molecular flexibility index (Phi) is 4.95. The summed E-state index contributed by atoms with van der Waals surface area (Å²) in [4.78, 5) is 6.51. The molecule has 1 fully saturated rings. The maximum atomic E-state index is 11.4. The van der Waals surface area contributed by atoms with Gasteiger partial charge in [0.15, 0.2) is 0 Å². The molecule has 2 rings (SSSR count). The van der Waals surface area contributed by atoms with Gasteiger partial charge in [-0.3, -0.25) is 0 Å². The van der Waals surface area contributed by atoms with Crippen LogP contribution in [0.2, 0.25) is 0 Å². The number of anilines is 1. The molecule has 0 amide bonds. The maximum Gasteiger partial charge on any atom is 0.208 e. The highest BCUT2D eigenvalue weighted by atomic mass is 32.2. The first-order valence-electron chi connectivity index (χ1n) is 6.62. The lowest BCUT2D eigenvalue weighted by Gasteiger charge is -2.38. The van der Waals surface area contributed by atoms with Crippen molar-refractivity contribution in [2.24, 2.45) is 5.92 Å². The van der Waals surface area contributed by atoms with Gasteiger partial charge in [-0.05, 0) is 18.6 Å². The normalized spacial score (nSPS) is 23.8. The zero-order chi connectivity index (χ0) is 14.6. The summed E-state index contributed by atoms with van der Waals surface area (Å²) in [7, 11) is -1.56. The average molecular weight is 299 g/mol. The first kappa shape index (κ1) is 15.2. The number of nitrogens with one attached hydrogen (secondary N) is 1. The van der Waals surface area contributed by atoms with E-state index in [0.717, 1.165) is 25.3 Å². The molecule has 1 aromatic heterocycles. The summed E-state index contributed by atoms with van der Waals surface area (Å²) in [5, 5.41) is 0. The predicted molar refractivity (Wildman–Crippen MR) is 78.2 cm³/mol. The maximum absolute atomic E-state index is 11.4. The molecule has 0 aliphatic carbocycles. The van der Waals surface area contributed by atoms with E-state index >= 15 is 0 Å². The van der Waals surface area contributed by atoms with E-state index in [1.807, 2.05) is 18.2 Å². The second-order valence-corrected chi connectivity index (χ2v) is 6.91. The molecule has 0 bridgehead atoms. The van der Waals surface area contributed by atoms with Crippen LogP contribution in [0.4, 0.5) is 5.82 Å². The third kappa shape index (κ3) is 4.16. The molecule has 1 aliphatic rings. The van der Waals surface area contributed by atoms with E-state index in [1.54, 1.807) is 13.3 Å². The first-order valence-corrected chi connectivity index (χ1v) is 8.51. The number of aromatic nitrogens is 1. The number of sulfonamides is 1. The molecule has 1 aliphatic heterocycles. The van der Waals surface area contributed by atoms with Crippen LogP contribution in [0.15, 0.2) is 24.4 Å². The van der Waals surface area contributed by atoms with Crippen LogP contribution in [0.25, 0.3) is 0 Å². The molecule has 2 heterocycles. The minimum Gasteiger partial charge on any atom is -0.384 e. The van der Waals surface area contributed by atoms with Gasteiger partial charge in [0.05, 0.1) is 12.9 Å². The highest BCUT2D eigenvalue weighted by molar-refractivity contribution is 7.88. The van der Waals surface area contributed by atoms with Crippen molar-refractivity contribution in [1.29, 1.82) is 0 Å². The van der Waals surface area contributed by atoms with Crippen LogP contribution in [-0.4, -0.2) is 52.5 Å². The van der Waals surface area contributed by atoms with Gasteiger partial charge in [-0.15, -0.1) is 0 Å². The summed E-state index contributed by atoms with van der Waals surface area (Å²) in [5.74, 6) is 1.04. The molecule has 2 atom stereocenters. The van der Waals surface area contributed by atoms with Crippen molar-refractivity contribution >= 4 is 15.8 Å². The lowest BCUT2D eigenvalue weighted by Crippen LogP contribution is -2.52. The van der Waals surface area contributed by atoms with E-state index in [4.69, 9.17) is 4.74 Å². The molecule has 0 unspecified atom stereocenters. The van der Waals surface area contributed by atoms with Crippen molar-refractivity contribution in [3.63, 3.8) is 0 Å². The predicted octanol–water partition coefficient (Wildman–Crippen LogP) is 0.472. The smallest absolute Gasteiger partial charge is 0.208 e. The molecule has 20 heavy (non-hydrogen) atoms. The van der Waals surface area contributed by atoms with Crippen LogP contribution < -0.4 is 9.62 Å². The molecule has 1 aromatic rings. The SMILES string of the molecule is COC[C@@H]1CN(c2ccccn2)CC[C@@H]1NS(C)(=O)=O. The Morgan fingerprint density at radius 2 is 2.30 bits per heavy atom. The van der Waals surface area contributed by atoms with Crippen molar-refractivity contribution in [2.45, 2.75) is 12.5 Å². The van der Waals surface area contributed by atoms with E-state index in [2.05, 4.69) is 14.6 Å². The van der Waals surface area contributed by atoms with Crippen molar-refractivity contribution in [1.82, 2.24) is 9.71 Å². The standard InChI is InChI=1S/C13H21N3O3S/c1-19-10-11-9-16(13-5-3-4-7-14-13)8-6-12(11)15-20(2,17)18/h3-5,7,11-12,15H,6,8-10H2,1-2H3/t11-,12-/m0/s1. The summed E-state index contributed by atoms with van der Waals surface area (Å²) in [6.07, 6.45) is 3.71. The zero-order valence-electron chi connectivity index (χ0n) is 11.8. The molecule has 1 saturated heterocycles. The van der Waals surface area contributed by atoms with E-state index in [0.29, 0.717) is 6.61 Å². The van der Waals surface area contributed by atoms with Gasteiger partial charge >= 0.3 is 0 Å². The lowest BCUT2D eigenvalue weighted by molar-refractivity contribution is 0.128. The van der Waals surface area contributed by atoms with Crippen molar-refractivity contribution in [3.05, 3.63) is 24.4 Å². The summed E-state index contributed by atoms with van der Waals surface area (Å²) in [5.41, 5.74) is 0. The van der Waals surface area contributed by atoms with Crippen molar-refractivity contribution in [2.75, 3.05) is 38.0 Å². The van der Waals surface area contributed by atoms with Gasteiger partial charge < -0.3 is 9.64 Å². The molecule has 0 radical (unpaired) electrons. The van der Waals surface area contributed by atoms with Gasteiger partial charge in [-0.1, -0.05) is 6.07 Å². The van der Waals surface area contributed by atoms with E-state index < -0.39 is 10.0 Å². The molecule has 0 aromatic carbocycles. The average Bonchev–Trinajstić information content (AvgIpc) is 2.40. The zero-order valence-corrected chi connectivity index (χ0v) is 12.6. The number of hydrogen-bond donors (Lipinski definition) is 1. The van der Waals surface area contributed by atoms with Crippen molar-refractivity contribution < 1.29 is 13.2 Å². The van der Waals surface area contributed by atoms with Crippen LogP contribution in [0.1, 0.15) is 6.42 Å². The molecular weight excluding hydrogens is 278 g/mol. The number of pyridine rings is 1. The molecule has 0 spiro atoms. The third-order valence-corrected chi connectivity index (χ3v) is 4.18. The third-order valence-electron chi connectivity index (χ3n) is 3.45. The molecule has 0 saturated carbocycles. The quantitative estimate of drug-likeness (QED) is 0.856. The Morgan fingerprint density at radius 1 is 1.50 bits per heavy atom. The highest BCUT2D eigenvalue weighted by Gasteiger charge is 2.31. The Hall–Kier alpha value is -1.18. The Labute approximate surface area is 120 Å². The fourth-order valence-corrected chi connectivity index (χ4v) is 3.45. The van der Waals surface area contributed by atoms with Gasteiger partial charge in [-0.2, -0.15) is 0 Å². The number of ether oxygens (including phenoxy) is 1. The summed E-state index contributed by atoms with van der Waals surface area (Å²) in [6, 6.07) is 5.72. The van der Waals surface area contributed by atoms with E-state index in [1.165, 1.54) is 6.26 Å². The lowest BCUT2D eigenvalue weighted by atomic mass is 9.93. The second-order valence-electron chi connectivity index (χ2n) is 5.13. The van der Waals surface area contributed by atoms with Gasteiger partial charge in [0, 0.05) is 38.4 Å². The first-order chi connectivity index (χ1) is 9.49. The molecule has 7 heteroatoms. The summed E-state index contributed by atoms with van der Waals surface area (Å²) in [6.45, 7) is 2.04. The minimum atomic E-state index is -3.20. The van der Waals surface area contributed by atoms with Gasteiger partial charge in [0.1, 0.15) is 5.82 Å². The second kappa shape index (κ2) is 6.51. The summed E-state index contributed by atoms with van der Waals surface area (Å²) >= 11 is 0.